The Balaban J connectivity index is 1.45. The Morgan fingerprint density at radius 2 is 2.23 bits per heavy atom. The van der Waals surface area contributed by atoms with Gasteiger partial charge in [0, 0.05) is 17.9 Å². The highest BCUT2D eigenvalue weighted by Crippen LogP contribution is 2.30. The van der Waals surface area contributed by atoms with Gasteiger partial charge >= 0.3 is 5.69 Å². The fourth-order valence-corrected chi connectivity index (χ4v) is 3.46. The van der Waals surface area contributed by atoms with E-state index in [1.807, 2.05) is 0 Å². The van der Waals surface area contributed by atoms with Crippen molar-refractivity contribution in [2.75, 3.05) is 17.7 Å². The molecule has 0 amide bonds. The number of aromatic nitrogens is 2. The van der Waals surface area contributed by atoms with Crippen LogP contribution < -0.4 is 10.1 Å². The quantitative estimate of drug-likeness (QED) is 0.342. The molecule has 116 valence electrons. The highest BCUT2D eigenvalue weighted by atomic mass is 32.2. The smallest absolute Gasteiger partial charge is 0.310 e. The van der Waals surface area contributed by atoms with Gasteiger partial charge in [-0.3, -0.25) is 10.1 Å². The molecule has 0 saturated heterocycles. The van der Waals surface area contributed by atoms with Crippen LogP contribution in [0.25, 0.3) is 0 Å². The minimum Gasteiger partial charge on any atom is -0.486 e. The van der Waals surface area contributed by atoms with E-state index in [1.54, 1.807) is 18.2 Å². The highest BCUT2D eigenvalue weighted by molar-refractivity contribution is 8.01. The number of ether oxygens (including phenoxy) is 1. The van der Waals surface area contributed by atoms with Crippen LogP contribution in [0.5, 0.6) is 5.75 Å². The molecule has 22 heavy (non-hydrogen) atoms. The molecule has 1 N–H and O–H groups in total. The number of anilines is 1. The van der Waals surface area contributed by atoms with Gasteiger partial charge in [0.1, 0.15) is 0 Å². The van der Waals surface area contributed by atoms with Gasteiger partial charge in [-0.15, -0.1) is 10.2 Å². The van der Waals surface area contributed by atoms with Crippen LogP contribution in [0.15, 0.2) is 28.6 Å². The van der Waals surface area contributed by atoms with Crippen molar-refractivity contribution in [1.82, 2.24) is 10.2 Å². The Hall–Kier alpha value is -1.87. The van der Waals surface area contributed by atoms with Crippen LogP contribution in [0, 0.1) is 10.1 Å². The molecule has 1 aliphatic carbocycles. The molecule has 1 aromatic carbocycles. The summed E-state index contributed by atoms with van der Waals surface area (Å²) in [6.07, 6.45) is 2.40. The first-order valence-corrected chi connectivity index (χ1v) is 8.61. The van der Waals surface area contributed by atoms with Crippen molar-refractivity contribution < 1.29 is 9.66 Å². The zero-order chi connectivity index (χ0) is 15.4. The second kappa shape index (κ2) is 6.93. The van der Waals surface area contributed by atoms with E-state index in [1.165, 1.54) is 42.0 Å². The lowest BCUT2D eigenvalue weighted by atomic mass is 10.3. The van der Waals surface area contributed by atoms with Crippen molar-refractivity contribution in [1.29, 1.82) is 0 Å². The minimum absolute atomic E-state index is 0.0145. The summed E-state index contributed by atoms with van der Waals surface area (Å²) in [4.78, 5) is 10.4. The normalized spacial score (nSPS) is 13.8. The molecule has 1 saturated carbocycles. The lowest BCUT2D eigenvalue weighted by Gasteiger charge is -2.05. The summed E-state index contributed by atoms with van der Waals surface area (Å²) in [6, 6.07) is 6.94. The van der Waals surface area contributed by atoms with Gasteiger partial charge in [-0.2, -0.15) is 0 Å². The van der Waals surface area contributed by atoms with Gasteiger partial charge in [-0.25, -0.2) is 0 Å². The van der Waals surface area contributed by atoms with Crippen LogP contribution in [0.1, 0.15) is 12.8 Å². The highest BCUT2D eigenvalue weighted by Gasteiger charge is 2.22. The number of thioether (sulfide) groups is 1. The first-order valence-electron chi connectivity index (χ1n) is 6.81. The molecule has 1 aliphatic rings. The van der Waals surface area contributed by atoms with Crippen LogP contribution in [0.2, 0.25) is 0 Å². The first kappa shape index (κ1) is 15.0. The molecule has 3 rings (SSSR count). The second-order valence-electron chi connectivity index (χ2n) is 4.71. The summed E-state index contributed by atoms with van der Waals surface area (Å²) < 4.78 is 6.35. The molecule has 1 aromatic heterocycles. The lowest BCUT2D eigenvalue weighted by Crippen LogP contribution is -2.02. The summed E-state index contributed by atoms with van der Waals surface area (Å²) >= 11 is 3.05. The number of hydrogen-bond donors (Lipinski definition) is 1. The van der Waals surface area contributed by atoms with Crippen molar-refractivity contribution in [3.05, 3.63) is 34.4 Å². The molecule has 0 bridgehead atoms. The molecular formula is C13H14N4O3S2. The SMILES string of the molecule is O=[N+]([O-])c1ccccc1OCCSc1nnc(NC2CC2)s1. The molecule has 7 nitrogen and oxygen atoms in total. The van der Waals surface area contributed by atoms with E-state index in [0.717, 1.165) is 9.47 Å². The molecule has 1 fully saturated rings. The number of hydrogen-bond acceptors (Lipinski definition) is 8. The van der Waals surface area contributed by atoms with Gasteiger partial charge in [0.05, 0.1) is 11.5 Å². The van der Waals surface area contributed by atoms with Crippen LogP contribution in [-0.4, -0.2) is 33.5 Å². The second-order valence-corrected chi connectivity index (χ2v) is 7.03. The van der Waals surface area contributed by atoms with Crippen LogP contribution in [-0.2, 0) is 0 Å². The van der Waals surface area contributed by atoms with E-state index >= 15 is 0 Å². The molecular weight excluding hydrogens is 324 g/mol. The Labute approximate surface area is 135 Å². The van der Waals surface area contributed by atoms with Gasteiger partial charge in [-0.1, -0.05) is 35.2 Å². The Kier molecular flexibility index (Phi) is 4.74. The summed E-state index contributed by atoms with van der Waals surface area (Å²) in [7, 11) is 0. The third-order valence-electron chi connectivity index (χ3n) is 2.94. The van der Waals surface area contributed by atoms with Gasteiger partial charge in [0.2, 0.25) is 5.13 Å². The predicted molar refractivity (Wildman–Crippen MR) is 85.9 cm³/mol. The van der Waals surface area contributed by atoms with E-state index in [4.69, 9.17) is 4.74 Å². The molecule has 2 aromatic rings. The maximum Gasteiger partial charge on any atom is 0.310 e. The number of nitro benzene ring substituents is 1. The Morgan fingerprint density at radius 1 is 1.41 bits per heavy atom. The number of nitro groups is 1. The van der Waals surface area contributed by atoms with Gasteiger partial charge in [0.25, 0.3) is 0 Å². The number of nitrogens with one attached hydrogen (secondary N) is 1. The van der Waals surface area contributed by atoms with Crippen molar-refractivity contribution in [2.24, 2.45) is 0 Å². The van der Waals surface area contributed by atoms with E-state index in [-0.39, 0.29) is 5.69 Å². The molecule has 1 heterocycles. The number of nitrogens with zero attached hydrogens (tertiary/aromatic N) is 3. The van der Waals surface area contributed by atoms with Crippen molar-refractivity contribution >= 4 is 33.9 Å². The Morgan fingerprint density at radius 3 is 3.00 bits per heavy atom. The maximum absolute atomic E-state index is 10.9. The maximum atomic E-state index is 10.9. The molecule has 0 atom stereocenters. The number of para-hydroxylation sites is 2. The number of rotatable bonds is 8. The van der Waals surface area contributed by atoms with Crippen LogP contribution in [0.3, 0.4) is 0 Å². The fraction of sp³-hybridized carbons (Fsp3) is 0.385. The van der Waals surface area contributed by atoms with Crippen LogP contribution in [0.4, 0.5) is 10.8 Å². The minimum atomic E-state index is -0.441. The standard InChI is InChI=1S/C13H14N4O3S2/c18-17(19)10-3-1-2-4-11(10)20-7-8-21-13-16-15-12(22-13)14-9-5-6-9/h1-4,9H,5-8H2,(H,14,15). The third kappa shape index (κ3) is 4.08. The lowest BCUT2D eigenvalue weighted by molar-refractivity contribution is -0.385. The van der Waals surface area contributed by atoms with E-state index in [9.17, 15) is 10.1 Å². The molecule has 0 unspecified atom stereocenters. The zero-order valence-electron chi connectivity index (χ0n) is 11.6. The van der Waals surface area contributed by atoms with E-state index in [2.05, 4.69) is 15.5 Å². The Bertz CT molecular complexity index is 660. The third-order valence-corrected chi connectivity index (χ3v) is 4.89. The van der Waals surface area contributed by atoms with Gasteiger partial charge in [0.15, 0.2) is 10.1 Å². The summed E-state index contributed by atoms with van der Waals surface area (Å²) in [5.74, 6) is 0.950. The van der Waals surface area contributed by atoms with Gasteiger partial charge in [-0.05, 0) is 18.9 Å². The first-order chi connectivity index (χ1) is 10.7. The fourth-order valence-electron chi connectivity index (χ4n) is 1.74. The number of benzene rings is 1. The largest absolute Gasteiger partial charge is 0.486 e. The van der Waals surface area contributed by atoms with E-state index in [0.29, 0.717) is 24.2 Å². The summed E-state index contributed by atoms with van der Waals surface area (Å²) in [6.45, 7) is 0.375. The monoisotopic (exact) mass is 338 g/mol. The average molecular weight is 338 g/mol. The average Bonchev–Trinajstić information content (AvgIpc) is 3.21. The topological polar surface area (TPSA) is 90.2 Å². The predicted octanol–water partition coefficient (Wildman–Crippen LogP) is 3.19. The summed E-state index contributed by atoms with van der Waals surface area (Å²) in [5, 5.41) is 23.2. The molecule has 0 spiro atoms. The molecule has 0 aliphatic heterocycles. The van der Waals surface area contributed by atoms with E-state index < -0.39 is 4.92 Å². The zero-order valence-corrected chi connectivity index (χ0v) is 13.2. The summed E-state index contributed by atoms with van der Waals surface area (Å²) in [5.41, 5.74) is -0.0145. The van der Waals surface area contributed by atoms with Crippen LogP contribution >= 0.6 is 23.1 Å². The van der Waals surface area contributed by atoms with Gasteiger partial charge < -0.3 is 10.1 Å². The van der Waals surface area contributed by atoms with Crippen molar-refractivity contribution in [2.45, 2.75) is 23.2 Å². The van der Waals surface area contributed by atoms with Crippen molar-refractivity contribution in [3.63, 3.8) is 0 Å². The van der Waals surface area contributed by atoms with Crippen molar-refractivity contribution in [3.8, 4) is 5.75 Å². The molecule has 9 heteroatoms. The molecule has 0 radical (unpaired) electrons.